The maximum absolute atomic E-state index is 12.8. The number of aliphatic hydroxyl groups is 4. The van der Waals surface area contributed by atoms with E-state index in [0.29, 0.717) is 19.3 Å². The summed E-state index contributed by atoms with van der Waals surface area (Å²) in [7, 11) is 0. The molecule has 6 atom stereocenters. The van der Waals surface area contributed by atoms with Crippen LogP contribution < -0.4 is 0 Å². The van der Waals surface area contributed by atoms with Crippen molar-refractivity contribution in [2.45, 2.75) is 218 Å². The molecule has 10 nitrogen and oxygen atoms in total. The van der Waals surface area contributed by atoms with Gasteiger partial charge in [0.25, 0.3) is 0 Å². The average molecular weight is 833 g/mol. The summed E-state index contributed by atoms with van der Waals surface area (Å²) in [6, 6.07) is 0. The molecule has 1 fully saturated rings. The number of allylic oxidation sites excluding steroid dienone is 10. The second-order valence-corrected chi connectivity index (χ2v) is 15.8. The van der Waals surface area contributed by atoms with Gasteiger partial charge < -0.3 is 39.4 Å². The third-order valence-electron chi connectivity index (χ3n) is 10.4. The van der Waals surface area contributed by atoms with Crippen molar-refractivity contribution in [3.05, 3.63) is 60.8 Å². The SMILES string of the molecule is CCCCCCCC/C=C/C/C=C/C/C=C/CCCC(=O)OC[C@@H](CO[C@H]1O[C@@H](CO)[C@@H](O)C(O)C1O)OC(=O)CCC/C=C/C/C=C/CCCCCCCCCCC. The smallest absolute Gasteiger partial charge is 0.306 e. The first-order chi connectivity index (χ1) is 28.8. The fourth-order valence-corrected chi connectivity index (χ4v) is 6.65. The highest BCUT2D eigenvalue weighted by Crippen LogP contribution is 2.22. The molecule has 0 aromatic rings. The van der Waals surface area contributed by atoms with Crippen molar-refractivity contribution in [2.24, 2.45) is 0 Å². The maximum Gasteiger partial charge on any atom is 0.306 e. The summed E-state index contributed by atoms with van der Waals surface area (Å²) in [5.41, 5.74) is 0. The van der Waals surface area contributed by atoms with Crippen molar-refractivity contribution in [1.29, 1.82) is 0 Å². The summed E-state index contributed by atoms with van der Waals surface area (Å²) in [6.07, 6.45) is 41.0. The normalized spacial score (nSPS) is 20.5. The molecule has 1 rings (SSSR count). The molecule has 0 aliphatic carbocycles. The highest BCUT2D eigenvalue weighted by molar-refractivity contribution is 5.70. The summed E-state index contributed by atoms with van der Waals surface area (Å²) in [6.45, 7) is 3.32. The molecule has 0 radical (unpaired) electrons. The lowest BCUT2D eigenvalue weighted by Crippen LogP contribution is -2.59. The van der Waals surface area contributed by atoms with Crippen LogP contribution >= 0.6 is 0 Å². The fraction of sp³-hybridized carbons (Fsp3) is 0.755. The summed E-state index contributed by atoms with van der Waals surface area (Å²) in [5, 5.41) is 40.1. The summed E-state index contributed by atoms with van der Waals surface area (Å²) in [4.78, 5) is 25.3. The van der Waals surface area contributed by atoms with E-state index in [9.17, 15) is 30.0 Å². The molecular formula is C49H84O10. The molecule has 0 aromatic carbocycles. The minimum Gasteiger partial charge on any atom is -0.462 e. The molecule has 0 aromatic heterocycles. The lowest BCUT2D eigenvalue weighted by Gasteiger charge is -2.39. The lowest BCUT2D eigenvalue weighted by atomic mass is 9.99. The van der Waals surface area contributed by atoms with Gasteiger partial charge >= 0.3 is 11.9 Å². The van der Waals surface area contributed by atoms with E-state index in [2.05, 4.69) is 74.6 Å². The van der Waals surface area contributed by atoms with Crippen molar-refractivity contribution in [3.8, 4) is 0 Å². The first-order valence-corrected chi connectivity index (χ1v) is 23.4. The van der Waals surface area contributed by atoms with E-state index in [4.69, 9.17) is 18.9 Å². The first kappa shape index (κ1) is 54.4. The van der Waals surface area contributed by atoms with Gasteiger partial charge in [0.1, 0.15) is 31.0 Å². The first-order valence-electron chi connectivity index (χ1n) is 23.4. The van der Waals surface area contributed by atoms with Gasteiger partial charge in [-0.1, -0.05) is 158 Å². The van der Waals surface area contributed by atoms with Crippen LogP contribution in [0.3, 0.4) is 0 Å². The molecular weight excluding hydrogens is 749 g/mol. The second kappa shape index (κ2) is 39.5. The zero-order chi connectivity index (χ0) is 43.0. The van der Waals surface area contributed by atoms with E-state index in [0.717, 1.165) is 38.5 Å². The van der Waals surface area contributed by atoms with Crippen molar-refractivity contribution >= 4 is 11.9 Å². The molecule has 0 amide bonds. The van der Waals surface area contributed by atoms with E-state index in [-0.39, 0.29) is 26.1 Å². The van der Waals surface area contributed by atoms with Crippen molar-refractivity contribution < 1.29 is 49.0 Å². The number of aliphatic hydroxyl groups excluding tert-OH is 4. The predicted molar refractivity (Wildman–Crippen MR) is 238 cm³/mol. The molecule has 10 heteroatoms. The number of rotatable bonds is 38. The van der Waals surface area contributed by atoms with Gasteiger partial charge in [-0.05, 0) is 70.6 Å². The molecule has 1 aliphatic rings. The van der Waals surface area contributed by atoms with Crippen molar-refractivity contribution in [2.75, 3.05) is 19.8 Å². The van der Waals surface area contributed by atoms with E-state index >= 15 is 0 Å². The van der Waals surface area contributed by atoms with Crippen LogP contribution in [-0.2, 0) is 28.5 Å². The molecule has 0 bridgehead atoms. The Balaban J connectivity index is 2.39. The molecule has 1 aliphatic heterocycles. The van der Waals surface area contributed by atoms with Gasteiger partial charge in [0.15, 0.2) is 12.4 Å². The van der Waals surface area contributed by atoms with Crippen LogP contribution in [0.15, 0.2) is 60.8 Å². The Bertz CT molecular complexity index is 1150. The molecule has 4 N–H and O–H groups in total. The number of carbonyl (C=O) groups excluding carboxylic acids is 2. The largest absolute Gasteiger partial charge is 0.462 e. The van der Waals surface area contributed by atoms with Crippen LogP contribution in [0.1, 0.15) is 181 Å². The highest BCUT2D eigenvalue weighted by atomic mass is 16.7. The Labute approximate surface area is 358 Å². The molecule has 59 heavy (non-hydrogen) atoms. The Morgan fingerprint density at radius 2 is 0.949 bits per heavy atom. The van der Waals surface area contributed by atoms with Gasteiger partial charge in [-0.15, -0.1) is 0 Å². The Morgan fingerprint density at radius 3 is 1.42 bits per heavy atom. The van der Waals surface area contributed by atoms with Crippen molar-refractivity contribution in [3.63, 3.8) is 0 Å². The van der Waals surface area contributed by atoms with Gasteiger partial charge in [-0.2, -0.15) is 0 Å². The predicted octanol–water partition coefficient (Wildman–Crippen LogP) is 10.2. The van der Waals surface area contributed by atoms with Gasteiger partial charge in [0.2, 0.25) is 0 Å². The summed E-state index contributed by atoms with van der Waals surface area (Å²) >= 11 is 0. The lowest BCUT2D eigenvalue weighted by molar-refractivity contribution is -0.305. The minimum atomic E-state index is -1.61. The molecule has 2 unspecified atom stereocenters. The van der Waals surface area contributed by atoms with Crippen LogP contribution in [0.4, 0.5) is 0 Å². The monoisotopic (exact) mass is 833 g/mol. The van der Waals surface area contributed by atoms with Crippen LogP contribution in [-0.4, -0.2) is 89.0 Å². The van der Waals surface area contributed by atoms with E-state index in [1.54, 1.807) is 0 Å². The number of esters is 2. The summed E-state index contributed by atoms with van der Waals surface area (Å²) < 4.78 is 22.1. The van der Waals surface area contributed by atoms with Gasteiger partial charge in [-0.25, -0.2) is 0 Å². The number of carbonyl (C=O) groups is 2. The quantitative estimate of drug-likeness (QED) is 0.0269. The fourth-order valence-electron chi connectivity index (χ4n) is 6.65. The standard InChI is InChI=1S/C49H84O10/c1-3-5-7-9-11-13-15-17-19-21-23-25-27-29-31-33-35-37-44(51)56-40-42(41-57-49-48(55)47(54)46(53)43(39-50)59-49)58-45(52)38-36-34-32-30-28-26-24-22-20-18-16-14-12-10-8-6-4-2/h17,19,23-26,29-32,42-43,46-50,53-55H,3-16,18,20-22,27-28,33-41H2,1-2H3/b19-17+,25-23+,26-24+,31-29+,32-30+/t42-,43-,46+,47?,48?,49-/m0/s1. The topological polar surface area (TPSA) is 152 Å². The molecule has 0 saturated carbocycles. The van der Waals surface area contributed by atoms with Crippen LogP contribution in [0.5, 0.6) is 0 Å². The zero-order valence-corrected chi connectivity index (χ0v) is 37.0. The highest BCUT2D eigenvalue weighted by Gasteiger charge is 2.44. The number of ether oxygens (including phenoxy) is 4. The van der Waals surface area contributed by atoms with E-state index in [1.165, 1.54) is 96.3 Å². The molecule has 340 valence electrons. The molecule has 1 saturated heterocycles. The maximum atomic E-state index is 12.8. The van der Waals surface area contributed by atoms with E-state index < -0.39 is 55.4 Å². The van der Waals surface area contributed by atoms with Gasteiger partial charge in [-0.3, -0.25) is 9.59 Å². The third-order valence-corrected chi connectivity index (χ3v) is 10.4. The Kier molecular flexibility index (Phi) is 36.5. The number of hydrogen-bond donors (Lipinski definition) is 4. The number of hydrogen-bond acceptors (Lipinski definition) is 10. The van der Waals surface area contributed by atoms with Crippen LogP contribution in [0.25, 0.3) is 0 Å². The van der Waals surface area contributed by atoms with Gasteiger partial charge in [0.05, 0.1) is 13.2 Å². The van der Waals surface area contributed by atoms with Gasteiger partial charge in [0, 0.05) is 12.8 Å². The molecule has 1 heterocycles. The van der Waals surface area contributed by atoms with Crippen molar-refractivity contribution in [1.82, 2.24) is 0 Å². The summed E-state index contributed by atoms with van der Waals surface area (Å²) in [5.74, 6) is -0.923. The zero-order valence-electron chi connectivity index (χ0n) is 37.0. The van der Waals surface area contributed by atoms with Crippen LogP contribution in [0.2, 0.25) is 0 Å². The average Bonchev–Trinajstić information content (AvgIpc) is 3.23. The second-order valence-electron chi connectivity index (χ2n) is 15.8. The Hall–Kier alpha value is -2.60. The minimum absolute atomic E-state index is 0.154. The number of unbranched alkanes of at least 4 members (excludes halogenated alkanes) is 17. The molecule has 0 spiro atoms. The Morgan fingerprint density at radius 1 is 0.525 bits per heavy atom. The van der Waals surface area contributed by atoms with E-state index in [1.807, 2.05) is 0 Å². The van der Waals surface area contributed by atoms with Crippen LogP contribution in [0, 0.1) is 0 Å². The third kappa shape index (κ3) is 31.0.